The van der Waals surface area contributed by atoms with E-state index in [1.165, 1.54) is 0 Å². The summed E-state index contributed by atoms with van der Waals surface area (Å²) in [5.74, 6) is -0.757. The van der Waals surface area contributed by atoms with Gasteiger partial charge in [0.1, 0.15) is 0 Å². The van der Waals surface area contributed by atoms with Crippen molar-refractivity contribution in [2.75, 3.05) is 11.9 Å². The zero-order valence-corrected chi connectivity index (χ0v) is 14.7. The SMILES string of the molecule is O=C(O)CCCCCCNC(=O)Nc1cc(Br)ccc1Br. The van der Waals surface area contributed by atoms with Gasteiger partial charge in [-0.15, -0.1) is 0 Å². The second-order valence-electron chi connectivity index (χ2n) is 4.56. The van der Waals surface area contributed by atoms with E-state index in [1.54, 1.807) is 0 Å². The number of benzene rings is 1. The van der Waals surface area contributed by atoms with Crippen molar-refractivity contribution in [3.05, 3.63) is 27.1 Å². The molecule has 2 amide bonds. The van der Waals surface area contributed by atoms with Gasteiger partial charge in [-0.3, -0.25) is 4.79 Å². The lowest BCUT2D eigenvalue weighted by molar-refractivity contribution is -0.137. The van der Waals surface area contributed by atoms with E-state index >= 15 is 0 Å². The van der Waals surface area contributed by atoms with Gasteiger partial charge in [0, 0.05) is 21.9 Å². The van der Waals surface area contributed by atoms with E-state index in [9.17, 15) is 9.59 Å². The van der Waals surface area contributed by atoms with Gasteiger partial charge >= 0.3 is 12.0 Å². The van der Waals surface area contributed by atoms with Crippen molar-refractivity contribution >= 4 is 49.5 Å². The van der Waals surface area contributed by atoms with Gasteiger partial charge in [0.25, 0.3) is 0 Å². The predicted octanol–water partition coefficient (Wildman–Crippen LogP) is 4.37. The molecule has 0 spiro atoms. The molecular weight excluding hydrogens is 404 g/mol. The van der Waals surface area contributed by atoms with Gasteiger partial charge in [-0.2, -0.15) is 0 Å². The number of anilines is 1. The van der Waals surface area contributed by atoms with Crippen molar-refractivity contribution in [2.45, 2.75) is 32.1 Å². The van der Waals surface area contributed by atoms with Crippen molar-refractivity contribution in [1.29, 1.82) is 0 Å². The molecule has 0 unspecified atom stereocenters. The third-order valence-electron chi connectivity index (χ3n) is 2.78. The van der Waals surface area contributed by atoms with Gasteiger partial charge in [0.2, 0.25) is 0 Å². The Hall–Kier alpha value is -1.08. The van der Waals surface area contributed by atoms with E-state index in [2.05, 4.69) is 42.5 Å². The van der Waals surface area contributed by atoms with Crippen LogP contribution in [0, 0.1) is 0 Å². The predicted molar refractivity (Wildman–Crippen MR) is 89.6 cm³/mol. The number of unbranched alkanes of at least 4 members (excludes halogenated alkanes) is 3. The molecule has 0 heterocycles. The van der Waals surface area contributed by atoms with E-state index in [4.69, 9.17) is 5.11 Å². The summed E-state index contributed by atoms with van der Waals surface area (Å²) in [7, 11) is 0. The summed E-state index contributed by atoms with van der Waals surface area (Å²) < 4.78 is 1.70. The third kappa shape index (κ3) is 8.06. The number of urea groups is 1. The lowest BCUT2D eigenvalue weighted by Crippen LogP contribution is -2.29. The fourth-order valence-electron chi connectivity index (χ4n) is 1.72. The Balaban J connectivity index is 2.17. The van der Waals surface area contributed by atoms with Gasteiger partial charge in [-0.05, 0) is 47.0 Å². The lowest BCUT2D eigenvalue weighted by Gasteiger charge is -2.09. The second kappa shape index (κ2) is 9.78. The summed E-state index contributed by atoms with van der Waals surface area (Å²) in [6, 6.07) is 5.29. The zero-order valence-electron chi connectivity index (χ0n) is 11.5. The Labute approximate surface area is 140 Å². The molecule has 0 saturated carbocycles. The standard InChI is InChI=1S/C14H18Br2N2O3/c15-10-6-7-11(16)12(9-10)18-14(21)17-8-4-2-1-3-5-13(19)20/h6-7,9H,1-5,8H2,(H,19,20)(H2,17,18,21). The first-order valence-corrected chi connectivity index (χ1v) is 8.29. The Kier molecular flexibility index (Phi) is 8.37. The molecule has 0 radical (unpaired) electrons. The van der Waals surface area contributed by atoms with Gasteiger partial charge in [-0.25, -0.2) is 4.79 Å². The summed E-state index contributed by atoms with van der Waals surface area (Å²) in [6.07, 6.45) is 3.52. The zero-order chi connectivity index (χ0) is 15.7. The number of halogens is 2. The number of hydrogen-bond donors (Lipinski definition) is 3. The number of carboxylic acids is 1. The maximum absolute atomic E-state index is 11.7. The Morgan fingerprint density at radius 1 is 1.10 bits per heavy atom. The van der Waals surface area contributed by atoms with E-state index in [0.717, 1.165) is 28.2 Å². The number of rotatable bonds is 8. The van der Waals surface area contributed by atoms with Gasteiger partial charge in [0.05, 0.1) is 5.69 Å². The molecule has 0 atom stereocenters. The molecule has 1 aromatic carbocycles. The van der Waals surface area contributed by atoms with Crippen LogP contribution in [-0.4, -0.2) is 23.7 Å². The number of nitrogens with one attached hydrogen (secondary N) is 2. The maximum atomic E-state index is 11.7. The summed E-state index contributed by atoms with van der Waals surface area (Å²) in [5.41, 5.74) is 0.698. The van der Waals surface area contributed by atoms with Crippen molar-refractivity contribution < 1.29 is 14.7 Å². The van der Waals surface area contributed by atoms with Crippen molar-refractivity contribution in [2.24, 2.45) is 0 Å². The average Bonchev–Trinajstić information content (AvgIpc) is 2.41. The minimum atomic E-state index is -0.757. The fraction of sp³-hybridized carbons (Fsp3) is 0.429. The molecule has 21 heavy (non-hydrogen) atoms. The van der Waals surface area contributed by atoms with E-state index in [-0.39, 0.29) is 12.5 Å². The first-order valence-electron chi connectivity index (χ1n) is 6.70. The molecule has 7 heteroatoms. The smallest absolute Gasteiger partial charge is 0.319 e. The number of carboxylic acid groups (broad SMARTS) is 1. The van der Waals surface area contributed by atoms with E-state index in [0.29, 0.717) is 18.7 Å². The van der Waals surface area contributed by atoms with E-state index < -0.39 is 5.97 Å². The average molecular weight is 422 g/mol. The monoisotopic (exact) mass is 420 g/mol. The number of amides is 2. The van der Waals surface area contributed by atoms with Gasteiger partial charge in [0.15, 0.2) is 0 Å². The molecule has 0 aliphatic rings. The molecule has 0 saturated heterocycles. The Bertz CT molecular complexity index is 495. The van der Waals surface area contributed by atoms with Crippen molar-refractivity contribution in [1.82, 2.24) is 5.32 Å². The molecule has 0 fully saturated rings. The highest BCUT2D eigenvalue weighted by Crippen LogP contribution is 2.25. The summed E-state index contributed by atoms with van der Waals surface area (Å²) >= 11 is 6.72. The number of hydrogen-bond acceptors (Lipinski definition) is 2. The molecule has 3 N–H and O–H groups in total. The molecule has 0 aromatic heterocycles. The topological polar surface area (TPSA) is 78.4 Å². The number of aliphatic carboxylic acids is 1. The van der Waals surface area contributed by atoms with Crippen LogP contribution in [0.1, 0.15) is 32.1 Å². The number of carbonyl (C=O) groups is 2. The van der Waals surface area contributed by atoms with Crippen LogP contribution in [0.5, 0.6) is 0 Å². The Morgan fingerprint density at radius 3 is 2.52 bits per heavy atom. The van der Waals surface area contributed by atoms with Crippen LogP contribution < -0.4 is 10.6 Å². The minimum Gasteiger partial charge on any atom is -0.481 e. The minimum absolute atomic E-state index is 0.213. The Morgan fingerprint density at radius 2 is 1.81 bits per heavy atom. The van der Waals surface area contributed by atoms with Gasteiger partial charge in [-0.1, -0.05) is 28.8 Å². The first-order chi connectivity index (χ1) is 9.99. The second-order valence-corrected chi connectivity index (χ2v) is 6.33. The van der Waals surface area contributed by atoms with Crippen LogP contribution in [0.25, 0.3) is 0 Å². The maximum Gasteiger partial charge on any atom is 0.319 e. The molecule has 5 nitrogen and oxygen atoms in total. The van der Waals surface area contributed by atoms with Crippen LogP contribution in [0.2, 0.25) is 0 Å². The van der Waals surface area contributed by atoms with Crippen LogP contribution in [0.4, 0.5) is 10.5 Å². The first kappa shape index (κ1) is 18.0. The van der Waals surface area contributed by atoms with Crippen LogP contribution in [0.15, 0.2) is 27.1 Å². The fourth-order valence-corrected chi connectivity index (χ4v) is 2.42. The third-order valence-corrected chi connectivity index (χ3v) is 3.96. The molecular formula is C14H18Br2N2O3. The highest BCUT2D eigenvalue weighted by atomic mass is 79.9. The summed E-state index contributed by atoms with van der Waals surface area (Å²) in [5, 5.41) is 14.0. The normalized spacial score (nSPS) is 10.2. The van der Waals surface area contributed by atoms with Crippen LogP contribution >= 0.6 is 31.9 Å². The molecule has 1 rings (SSSR count). The van der Waals surface area contributed by atoms with Crippen molar-refractivity contribution in [3.63, 3.8) is 0 Å². The molecule has 0 bridgehead atoms. The summed E-state index contributed by atoms with van der Waals surface area (Å²) in [6.45, 7) is 0.574. The van der Waals surface area contributed by atoms with E-state index in [1.807, 2.05) is 18.2 Å². The van der Waals surface area contributed by atoms with Crippen LogP contribution in [-0.2, 0) is 4.79 Å². The largest absolute Gasteiger partial charge is 0.481 e. The summed E-state index contributed by atoms with van der Waals surface area (Å²) in [4.78, 5) is 22.0. The molecule has 1 aromatic rings. The lowest BCUT2D eigenvalue weighted by atomic mass is 10.1. The number of carbonyl (C=O) groups excluding carboxylic acids is 1. The highest BCUT2D eigenvalue weighted by molar-refractivity contribution is 9.11. The highest BCUT2D eigenvalue weighted by Gasteiger charge is 2.05. The molecule has 116 valence electrons. The van der Waals surface area contributed by atoms with Crippen LogP contribution in [0.3, 0.4) is 0 Å². The molecule has 0 aliphatic carbocycles. The molecule has 0 aliphatic heterocycles. The van der Waals surface area contributed by atoms with Gasteiger partial charge < -0.3 is 15.7 Å². The van der Waals surface area contributed by atoms with Crippen molar-refractivity contribution in [3.8, 4) is 0 Å². The quantitative estimate of drug-likeness (QED) is 0.545.